The minimum absolute atomic E-state index is 0.141. The summed E-state index contributed by atoms with van der Waals surface area (Å²) in [6, 6.07) is 3.73. The summed E-state index contributed by atoms with van der Waals surface area (Å²) >= 11 is 0. The van der Waals surface area contributed by atoms with Crippen molar-refractivity contribution in [3.63, 3.8) is 0 Å². The highest BCUT2D eigenvalue weighted by atomic mass is 32.2. The smallest absolute Gasteiger partial charge is 0.225 e. The Labute approximate surface area is 102 Å². The molecule has 92 valence electrons. The van der Waals surface area contributed by atoms with Gasteiger partial charge >= 0.3 is 0 Å². The number of rotatable bonds is 1. The Morgan fingerprint density at radius 2 is 1.88 bits per heavy atom. The van der Waals surface area contributed by atoms with Crippen LogP contribution in [0.5, 0.6) is 0 Å². The van der Waals surface area contributed by atoms with E-state index in [9.17, 15) is 12.8 Å². The van der Waals surface area contributed by atoms with Gasteiger partial charge in [0.05, 0.1) is 5.56 Å². The largest absolute Gasteiger partial charge is 0.239 e. The Morgan fingerprint density at radius 1 is 1.29 bits per heavy atom. The van der Waals surface area contributed by atoms with Crippen LogP contribution in [0.25, 0.3) is 0 Å². The lowest BCUT2D eigenvalue weighted by Gasteiger charge is -2.06. The molecule has 0 aliphatic rings. The second-order valence-electron chi connectivity index (χ2n) is 4.66. The topological polar surface area (TPSA) is 60.2 Å². The molecule has 2 N–H and O–H groups in total. The quantitative estimate of drug-likeness (QED) is 0.624. The van der Waals surface area contributed by atoms with Gasteiger partial charge in [0.1, 0.15) is 18.8 Å². The van der Waals surface area contributed by atoms with Crippen LogP contribution in [0.1, 0.15) is 5.56 Å². The summed E-state index contributed by atoms with van der Waals surface area (Å²) in [5.41, 5.74) is 2.78. The molecule has 6 heteroatoms. The first kappa shape index (κ1) is 13.9. The summed E-state index contributed by atoms with van der Waals surface area (Å²) < 4.78 is 36.1. The molecule has 0 aliphatic heterocycles. The van der Waals surface area contributed by atoms with E-state index in [1.54, 1.807) is 0 Å². The van der Waals surface area contributed by atoms with Gasteiger partial charge in [-0.3, -0.25) is 0 Å². The van der Waals surface area contributed by atoms with E-state index >= 15 is 0 Å². The minimum atomic E-state index is -3.95. The Balaban J connectivity index is 3.46. The van der Waals surface area contributed by atoms with Crippen LogP contribution in [0.15, 0.2) is 23.1 Å². The third-order valence-electron chi connectivity index (χ3n) is 1.84. The Bertz CT molecular complexity index is 594. The highest BCUT2D eigenvalue weighted by Gasteiger charge is 2.16. The van der Waals surface area contributed by atoms with E-state index < -0.39 is 23.9 Å². The number of benzene rings is 1. The zero-order chi connectivity index (χ0) is 13.3. The molecular formula is C11H14FNO2SSi. The number of nitrogens with two attached hydrogens (primary N) is 1. The number of primary sulfonamides is 1. The predicted molar refractivity (Wildman–Crippen MR) is 68.0 cm³/mol. The first-order valence-electron chi connectivity index (χ1n) is 4.96. The van der Waals surface area contributed by atoms with Crippen molar-refractivity contribution in [2.24, 2.45) is 5.14 Å². The van der Waals surface area contributed by atoms with Crippen LogP contribution < -0.4 is 5.14 Å². The molecule has 0 spiro atoms. The average Bonchev–Trinajstić information content (AvgIpc) is 2.12. The molecule has 0 aliphatic carbocycles. The zero-order valence-electron chi connectivity index (χ0n) is 9.91. The lowest BCUT2D eigenvalue weighted by atomic mass is 10.2. The van der Waals surface area contributed by atoms with Crippen molar-refractivity contribution >= 4 is 18.1 Å². The Kier molecular flexibility index (Phi) is 3.77. The lowest BCUT2D eigenvalue weighted by Crippen LogP contribution is -2.17. The maximum Gasteiger partial charge on any atom is 0.239 e. The minimum Gasteiger partial charge on any atom is -0.225 e. The third-order valence-corrected chi connectivity index (χ3v) is 3.67. The third kappa shape index (κ3) is 3.96. The van der Waals surface area contributed by atoms with Gasteiger partial charge in [0.2, 0.25) is 10.0 Å². The van der Waals surface area contributed by atoms with Gasteiger partial charge in [-0.2, -0.15) is 0 Å². The fraction of sp³-hybridized carbons (Fsp3) is 0.273. The fourth-order valence-electron chi connectivity index (χ4n) is 1.11. The van der Waals surface area contributed by atoms with E-state index in [1.165, 1.54) is 18.2 Å². The number of hydrogen-bond donors (Lipinski definition) is 1. The van der Waals surface area contributed by atoms with E-state index in [0.29, 0.717) is 0 Å². The molecule has 3 nitrogen and oxygen atoms in total. The van der Waals surface area contributed by atoms with Gasteiger partial charge in [0.25, 0.3) is 0 Å². The lowest BCUT2D eigenvalue weighted by molar-refractivity contribution is 0.591. The van der Waals surface area contributed by atoms with Crippen LogP contribution in [0, 0.1) is 17.3 Å². The van der Waals surface area contributed by atoms with Crippen molar-refractivity contribution < 1.29 is 12.8 Å². The van der Waals surface area contributed by atoms with Crippen LogP contribution in [-0.2, 0) is 10.0 Å². The molecule has 0 saturated heterocycles. The number of halogens is 1. The summed E-state index contributed by atoms with van der Waals surface area (Å²) in [4.78, 5) is -0.261. The van der Waals surface area contributed by atoms with Crippen LogP contribution >= 0.6 is 0 Å². The van der Waals surface area contributed by atoms with Gasteiger partial charge < -0.3 is 0 Å². The van der Waals surface area contributed by atoms with E-state index in [0.717, 1.165) is 0 Å². The second-order valence-corrected chi connectivity index (χ2v) is 10.9. The van der Waals surface area contributed by atoms with Crippen molar-refractivity contribution in [1.29, 1.82) is 0 Å². The molecule has 1 rings (SSSR count). The molecule has 0 amide bonds. The highest BCUT2D eigenvalue weighted by molar-refractivity contribution is 7.89. The number of sulfonamides is 1. The summed E-state index contributed by atoms with van der Waals surface area (Å²) in [6.07, 6.45) is 0. The zero-order valence-corrected chi connectivity index (χ0v) is 11.7. The molecule has 1 aromatic rings. The maximum atomic E-state index is 13.5. The molecule has 17 heavy (non-hydrogen) atoms. The maximum absolute atomic E-state index is 13.5. The Morgan fingerprint density at radius 3 is 2.35 bits per heavy atom. The molecule has 0 fully saturated rings. The van der Waals surface area contributed by atoms with Gasteiger partial charge in [-0.15, -0.1) is 5.54 Å². The van der Waals surface area contributed by atoms with E-state index in [-0.39, 0.29) is 10.5 Å². The molecule has 0 heterocycles. The van der Waals surface area contributed by atoms with Gasteiger partial charge in [0.15, 0.2) is 0 Å². The van der Waals surface area contributed by atoms with Crippen LogP contribution in [0.3, 0.4) is 0 Å². The number of hydrogen-bond acceptors (Lipinski definition) is 2. The summed E-state index contributed by atoms with van der Waals surface area (Å²) in [5.74, 6) is 1.94. The van der Waals surface area contributed by atoms with Crippen molar-refractivity contribution in [2.75, 3.05) is 0 Å². The van der Waals surface area contributed by atoms with Gasteiger partial charge in [0, 0.05) is 0 Å². The molecule has 0 aromatic heterocycles. The summed E-state index contributed by atoms with van der Waals surface area (Å²) in [6.45, 7) is 5.95. The van der Waals surface area contributed by atoms with Gasteiger partial charge in [-0.05, 0) is 12.1 Å². The molecular weight excluding hydrogens is 257 g/mol. The summed E-state index contributed by atoms with van der Waals surface area (Å²) in [7, 11) is -5.66. The molecule has 0 radical (unpaired) electrons. The van der Waals surface area contributed by atoms with Gasteiger partial charge in [-0.25, -0.2) is 17.9 Å². The molecule has 0 unspecified atom stereocenters. The molecule has 0 saturated carbocycles. The van der Waals surface area contributed by atoms with Crippen molar-refractivity contribution in [3.8, 4) is 11.5 Å². The van der Waals surface area contributed by atoms with Crippen molar-refractivity contribution in [3.05, 3.63) is 29.6 Å². The molecule has 0 atom stereocenters. The van der Waals surface area contributed by atoms with Crippen LogP contribution in [0.2, 0.25) is 19.6 Å². The predicted octanol–water partition coefficient (Wildman–Crippen LogP) is 1.70. The van der Waals surface area contributed by atoms with E-state index in [2.05, 4.69) is 11.5 Å². The first-order valence-corrected chi connectivity index (χ1v) is 10.0. The van der Waals surface area contributed by atoms with Crippen molar-refractivity contribution in [2.45, 2.75) is 24.5 Å². The highest BCUT2D eigenvalue weighted by Crippen LogP contribution is 2.16. The normalized spacial score (nSPS) is 11.8. The van der Waals surface area contributed by atoms with Crippen molar-refractivity contribution in [1.82, 2.24) is 0 Å². The average molecular weight is 271 g/mol. The summed E-state index contributed by atoms with van der Waals surface area (Å²) in [5, 5.41) is 5.01. The molecule has 0 bridgehead atoms. The van der Waals surface area contributed by atoms with Crippen LogP contribution in [0.4, 0.5) is 4.39 Å². The van der Waals surface area contributed by atoms with Gasteiger partial charge in [-0.1, -0.05) is 31.6 Å². The van der Waals surface area contributed by atoms with E-state index in [4.69, 9.17) is 5.14 Å². The second kappa shape index (κ2) is 4.60. The first-order chi connectivity index (χ1) is 7.61. The fourth-order valence-corrected chi connectivity index (χ4v) is 2.31. The SMILES string of the molecule is C[Si](C)(C)C#Cc1c(F)cccc1S(N)(=O)=O. The standard InChI is InChI=1S/C11H14FNO2SSi/c1-17(2,3)8-7-9-10(12)5-4-6-11(9)16(13,14)15/h4-6H,1-3H3,(H2,13,14,15). The van der Waals surface area contributed by atoms with E-state index in [1.807, 2.05) is 19.6 Å². The molecule has 1 aromatic carbocycles. The van der Waals surface area contributed by atoms with Crippen LogP contribution in [-0.4, -0.2) is 16.5 Å². The monoisotopic (exact) mass is 271 g/mol. The Hall–Kier alpha value is -1.16.